The van der Waals surface area contributed by atoms with Gasteiger partial charge in [0.2, 0.25) is 5.91 Å². The summed E-state index contributed by atoms with van der Waals surface area (Å²) in [4.78, 5) is 13.2. The Labute approximate surface area is 165 Å². The van der Waals surface area contributed by atoms with Gasteiger partial charge in [0.1, 0.15) is 13.2 Å². The molecular weight excluding hydrogens is 350 g/mol. The molecule has 0 aliphatic carbocycles. The smallest absolute Gasteiger partial charge is 0.230 e. The highest BCUT2D eigenvalue weighted by Gasteiger charge is 2.32. The monoisotopic (exact) mass is 375 g/mol. The lowest BCUT2D eigenvalue weighted by Gasteiger charge is -2.28. The third kappa shape index (κ3) is 3.31. The van der Waals surface area contributed by atoms with Crippen LogP contribution in [0.3, 0.4) is 0 Å². The van der Waals surface area contributed by atoms with E-state index in [-0.39, 0.29) is 11.9 Å². The first kappa shape index (κ1) is 18.4. The normalized spacial score (nSPS) is 14.5. The van der Waals surface area contributed by atoms with Gasteiger partial charge in [-0.2, -0.15) is 0 Å². The van der Waals surface area contributed by atoms with E-state index in [4.69, 9.17) is 9.47 Å². The molecule has 0 saturated carbocycles. The highest BCUT2D eigenvalue weighted by molar-refractivity contribution is 5.90. The van der Waals surface area contributed by atoms with E-state index in [0.717, 1.165) is 22.3 Å². The van der Waals surface area contributed by atoms with Crippen LogP contribution in [0.15, 0.2) is 60.7 Å². The number of ether oxygens (including phenoxy) is 2. The Bertz CT molecular complexity index is 1020. The van der Waals surface area contributed by atoms with Crippen molar-refractivity contribution in [1.29, 1.82) is 0 Å². The standard InChI is InChI=1S/C24H25NO3/c1-16(19-10-6-8-17-7-4-5-9-20(17)19)25-23(26)24(2,3)18-11-12-21-22(15-18)28-14-13-27-21/h4-12,15-16H,13-14H2,1-3H3,(H,25,26). The van der Waals surface area contributed by atoms with Crippen LogP contribution in [-0.4, -0.2) is 19.1 Å². The molecule has 1 amide bonds. The summed E-state index contributed by atoms with van der Waals surface area (Å²) < 4.78 is 11.3. The molecule has 3 aromatic rings. The molecule has 0 radical (unpaired) electrons. The number of amides is 1. The van der Waals surface area contributed by atoms with Gasteiger partial charge in [-0.1, -0.05) is 48.5 Å². The lowest BCUT2D eigenvalue weighted by Crippen LogP contribution is -2.41. The van der Waals surface area contributed by atoms with Crippen molar-refractivity contribution in [2.45, 2.75) is 32.2 Å². The summed E-state index contributed by atoms with van der Waals surface area (Å²) in [5.41, 5.74) is 1.32. The van der Waals surface area contributed by atoms with Gasteiger partial charge in [0.25, 0.3) is 0 Å². The van der Waals surface area contributed by atoms with E-state index >= 15 is 0 Å². The highest BCUT2D eigenvalue weighted by Crippen LogP contribution is 2.35. The van der Waals surface area contributed by atoms with Gasteiger partial charge in [0, 0.05) is 0 Å². The number of rotatable bonds is 4. The van der Waals surface area contributed by atoms with Crippen LogP contribution in [0.5, 0.6) is 11.5 Å². The Kier molecular flexibility index (Phi) is 4.71. The number of hydrogen-bond donors (Lipinski definition) is 1. The Balaban J connectivity index is 1.58. The summed E-state index contributed by atoms with van der Waals surface area (Å²) in [5.74, 6) is 1.41. The largest absolute Gasteiger partial charge is 0.486 e. The van der Waals surface area contributed by atoms with E-state index in [1.54, 1.807) is 0 Å². The first-order valence-electron chi connectivity index (χ1n) is 9.65. The Hall–Kier alpha value is -3.01. The number of carbonyl (C=O) groups is 1. The minimum atomic E-state index is -0.700. The van der Waals surface area contributed by atoms with Crippen molar-refractivity contribution < 1.29 is 14.3 Å². The van der Waals surface area contributed by atoms with E-state index < -0.39 is 5.41 Å². The van der Waals surface area contributed by atoms with Crippen molar-refractivity contribution in [3.05, 3.63) is 71.8 Å². The maximum atomic E-state index is 13.2. The molecule has 1 atom stereocenters. The van der Waals surface area contributed by atoms with Gasteiger partial charge in [0.05, 0.1) is 11.5 Å². The molecule has 0 spiro atoms. The van der Waals surface area contributed by atoms with Crippen LogP contribution in [0.2, 0.25) is 0 Å². The van der Waals surface area contributed by atoms with E-state index in [9.17, 15) is 4.79 Å². The van der Waals surface area contributed by atoms with Crippen molar-refractivity contribution in [3.63, 3.8) is 0 Å². The van der Waals surface area contributed by atoms with Crippen LogP contribution >= 0.6 is 0 Å². The topological polar surface area (TPSA) is 47.6 Å². The maximum absolute atomic E-state index is 13.2. The zero-order valence-electron chi connectivity index (χ0n) is 16.5. The molecular formula is C24H25NO3. The zero-order valence-corrected chi connectivity index (χ0v) is 16.5. The van der Waals surface area contributed by atoms with E-state index in [1.165, 1.54) is 5.39 Å². The van der Waals surface area contributed by atoms with Crippen LogP contribution in [0.4, 0.5) is 0 Å². The number of fused-ring (bicyclic) bond motifs is 2. The molecule has 3 aromatic carbocycles. The summed E-state index contributed by atoms with van der Waals surface area (Å²) >= 11 is 0. The van der Waals surface area contributed by atoms with Crippen LogP contribution < -0.4 is 14.8 Å². The summed E-state index contributed by atoms with van der Waals surface area (Å²) in [6.07, 6.45) is 0. The fraction of sp³-hybridized carbons (Fsp3) is 0.292. The fourth-order valence-electron chi connectivity index (χ4n) is 3.65. The van der Waals surface area contributed by atoms with Crippen LogP contribution in [-0.2, 0) is 10.2 Å². The average molecular weight is 375 g/mol. The minimum Gasteiger partial charge on any atom is -0.486 e. The highest BCUT2D eigenvalue weighted by atomic mass is 16.6. The molecule has 0 saturated heterocycles. The molecule has 0 bridgehead atoms. The molecule has 4 heteroatoms. The van der Waals surface area contributed by atoms with Crippen molar-refractivity contribution in [2.75, 3.05) is 13.2 Å². The number of nitrogens with one attached hydrogen (secondary N) is 1. The second-order valence-corrected chi connectivity index (χ2v) is 7.75. The van der Waals surface area contributed by atoms with Gasteiger partial charge in [-0.3, -0.25) is 4.79 Å². The molecule has 1 unspecified atom stereocenters. The third-order valence-electron chi connectivity index (χ3n) is 5.47. The zero-order chi connectivity index (χ0) is 19.7. The summed E-state index contributed by atoms with van der Waals surface area (Å²) in [6.45, 7) is 6.98. The molecule has 144 valence electrons. The maximum Gasteiger partial charge on any atom is 0.230 e. The molecule has 1 N–H and O–H groups in total. The van der Waals surface area contributed by atoms with Gasteiger partial charge >= 0.3 is 0 Å². The second-order valence-electron chi connectivity index (χ2n) is 7.75. The Morgan fingerprint density at radius 1 is 0.964 bits per heavy atom. The summed E-state index contributed by atoms with van der Waals surface area (Å²) in [6, 6.07) is 20.1. The number of carbonyl (C=O) groups excluding carboxylic acids is 1. The quantitative estimate of drug-likeness (QED) is 0.715. The van der Waals surface area contributed by atoms with Crippen molar-refractivity contribution in [2.24, 2.45) is 0 Å². The molecule has 28 heavy (non-hydrogen) atoms. The van der Waals surface area contributed by atoms with Crippen LogP contribution in [0.1, 0.15) is 37.9 Å². The SMILES string of the molecule is CC(NC(=O)C(C)(C)c1ccc2c(c1)OCCO2)c1cccc2ccccc12. The first-order valence-corrected chi connectivity index (χ1v) is 9.65. The summed E-state index contributed by atoms with van der Waals surface area (Å²) in [5, 5.41) is 5.53. The van der Waals surface area contributed by atoms with Gasteiger partial charge in [-0.05, 0) is 54.8 Å². The predicted octanol–water partition coefficient (Wildman–Crippen LogP) is 4.77. The third-order valence-corrected chi connectivity index (χ3v) is 5.47. The fourth-order valence-corrected chi connectivity index (χ4v) is 3.65. The predicted molar refractivity (Wildman–Crippen MR) is 111 cm³/mol. The Morgan fingerprint density at radius 2 is 1.68 bits per heavy atom. The van der Waals surface area contributed by atoms with E-state index in [1.807, 2.05) is 57.2 Å². The van der Waals surface area contributed by atoms with Gasteiger partial charge in [-0.25, -0.2) is 0 Å². The lowest BCUT2D eigenvalue weighted by atomic mass is 9.83. The molecule has 1 aliphatic rings. The van der Waals surface area contributed by atoms with Gasteiger partial charge in [0.15, 0.2) is 11.5 Å². The van der Waals surface area contributed by atoms with Crippen molar-refractivity contribution in [3.8, 4) is 11.5 Å². The minimum absolute atomic E-state index is 0.0235. The van der Waals surface area contributed by atoms with Crippen LogP contribution in [0.25, 0.3) is 10.8 Å². The first-order chi connectivity index (χ1) is 13.5. The average Bonchev–Trinajstić information content (AvgIpc) is 2.72. The van der Waals surface area contributed by atoms with Gasteiger partial charge in [-0.15, -0.1) is 0 Å². The number of hydrogen-bond acceptors (Lipinski definition) is 3. The van der Waals surface area contributed by atoms with E-state index in [0.29, 0.717) is 19.0 Å². The number of benzene rings is 3. The molecule has 0 aromatic heterocycles. The molecule has 1 heterocycles. The lowest BCUT2D eigenvalue weighted by molar-refractivity contribution is -0.126. The summed E-state index contributed by atoms with van der Waals surface area (Å²) in [7, 11) is 0. The van der Waals surface area contributed by atoms with Crippen molar-refractivity contribution >= 4 is 16.7 Å². The van der Waals surface area contributed by atoms with Crippen LogP contribution in [0, 0.1) is 0 Å². The van der Waals surface area contributed by atoms with Gasteiger partial charge < -0.3 is 14.8 Å². The molecule has 4 rings (SSSR count). The Morgan fingerprint density at radius 3 is 2.50 bits per heavy atom. The molecule has 1 aliphatic heterocycles. The molecule has 4 nitrogen and oxygen atoms in total. The second kappa shape index (κ2) is 7.19. The molecule has 0 fully saturated rings. The van der Waals surface area contributed by atoms with Crippen molar-refractivity contribution in [1.82, 2.24) is 5.32 Å². The van der Waals surface area contributed by atoms with E-state index in [2.05, 4.69) is 29.6 Å².